The molecule has 0 spiro atoms. The maximum atomic E-state index is 3.46. The minimum absolute atomic E-state index is 0.950. The third kappa shape index (κ3) is 4.06. The molecule has 16 heavy (non-hydrogen) atoms. The number of hydrogen-bond donors (Lipinski definition) is 2. The molecule has 2 nitrogen and oxygen atoms in total. The highest BCUT2D eigenvalue weighted by Crippen LogP contribution is 2.28. The average molecular weight is 224 g/mol. The molecule has 0 aromatic heterocycles. The van der Waals surface area contributed by atoms with E-state index in [9.17, 15) is 0 Å². The van der Waals surface area contributed by atoms with Crippen molar-refractivity contribution < 1.29 is 0 Å². The summed E-state index contributed by atoms with van der Waals surface area (Å²) in [4.78, 5) is 0. The van der Waals surface area contributed by atoms with E-state index in [0.717, 1.165) is 17.8 Å². The van der Waals surface area contributed by atoms with Gasteiger partial charge in [0, 0.05) is 0 Å². The highest BCUT2D eigenvalue weighted by molar-refractivity contribution is 4.75. The Hall–Kier alpha value is -0.0800. The Morgan fingerprint density at radius 2 is 1.19 bits per heavy atom. The molecule has 0 atom stereocenters. The van der Waals surface area contributed by atoms with E-state index >= 15 is 0 Å². The average Bonchev–Trinajstić information content (AvgIpc) is 2.31. The van der Waals surface area contributed by atoms with E-state index in [4.69, 9.17) is 0 Å². The van der Waals surface area contributed by atoms with E-state index in [1.807, 2.05) is 0 Å². The summed E-state index contributed by atoms with van der Waals surface area (Å²) in [6.07, 6.45) is 8.61. The van der Waals surface area contributed by atoms with Crippen LogP contribution in [-0.2, 0) is 0 Å². The van der Waals surface area contributed by atoms with Crippen LogP contribution < -0.4 is 10.6 Å². The summed E-state index contributed by atoms with van der Waals surface area (Å²) in [6, 6.07) is 0. The standard InChI is InChI=1S/C14H28N2/c1-12(10-13-2-6-15-7-3-13)11-14-4-8-16-9-5-14/h12-16H,2-11H2,1H3. The van der Waals surface area contributed by atoms with Crippen molar-refractivity contribution in [3.05, 3.63) is 0 Å². The van der Waals surface area contributed by atoms with Crippen LogP contribution in [0.4, 0.5) is 0 Å². The fourth-order valence-electron chi connectivity index (χ4n) is 3.47. The molecule has 2 saturated heterocycles. The van der Waals surface area contributed by atoms with Gasteiger partial charge in [0.05, 0.1) is 0 Å². The summed E-state index contributed by atoms with van der Waals surface area (Å²) in [6.45, 7) is 7.50. The van der Waals surface area contributed by atoms with Crippen molar-refractivity contribution in [3.63, 3.8) is 0 Å². The monoisotopic (exact) mass is 224 g/mol. The topological polar surface area (TPSA) is 24.1 Å². The summed E-state index contributed by atoms with van der Waals surface area (Å²) in [5.41, 5.74) is 0. The maximum absolute atomic E-state index is 3.46. The fourth-order valence-corrected chi connectivity index (χ4v) is 3.47. The molecule has 0 aliphatic carbocycles. The maximum Gasteiger partial charge on any atom is -0.00463 e. The lowest BCUT2D eigenvalue weighted by atomic mass is 9.82. The second-order valence-corrected chi connectivity index (χ2v) is 5.96. The predicted molar refractivity (Wildman–Crippen MR) is 69.6 cm³/mol. The molecular weight excluding hydrogens is 196 g/mol. The summed E-state index contributed by atoms with van der Waals surface area (Å²) in [7, 11) is 0. The second-order valence-electron chi connectivity index (χ2n) is 5.96. The van der Waals surface area contributed by atoms with Crippen LogP contribution in [0.15, 0.2) is 0 Å². The second kappa shape index (κ2) is 6.61. The minimum atomic E-state index is 0.950. The highest BCUT2D eigenvalue weighted by atomic mass is 14.9. The van der Waals surface area contributed by atoms with Gasteiger partial charge in [0.25, 0.3) is 0 Å². The molecule has 2 heteroatoms. The first kappa shape index (κ1) is 12.4. The van der Waals surface area contributed by atoms with E-state index < -0.39 is 0 Å². The zero-order chi connectivity index (χ0) is 11.2. The third-order valence-electron chi connectivity index (χ3n) is 4.39. The lowest BCUT2D eigenvalue weighted by Gasteiger charge is -2.29. The van der Waals surface area contributed by atoms with Gasteiger partial charge in [-0.1, -0.05) is 6.92 Å². The van der Waals surface area contributed by atoms with E-state index in [2.05, 4.69) is 17.6 Å². The van der Waals surface area contributed by atoms with Crippen LogP contribution in [0.5, 0.6) is 0 Å². The van der Waals surface area contributed by atoms with Crippen LogP contribution in [0.1, 0.15) is 45.4 Å². The molecule has 0 unspecified atom stereocenters. The molecule has 0 bridgehead atoms. The van der Waals surface area contributed by atoms with Crippen molar-refractivity contribution in [2.24, 2.45) is 17.8 Å². The summed E-state index contributed by atoms with van der Waals surface area (Å²) in [5.74, 6) is 2.97. The van der Waals surface area contributed by atoms with Crippen LogP contribution in [0.2, 0.25) is 0 Å². The van der Waals surface area contributed by atoms with E-state index in [-0.39, 0.29) is 0 Å². The molecule has 0 radical (unpaired) electrons. The molecule has 2 rings (SSSR count). The van der Waals surface area contributed by atoms with Crippen LogP contribution in [0.25, 0.3) is 0 Å². The summed E-state index contributed by atoms with van der Waals surface area (Å²) < 4.78 is 0. The Morgan fingerprint density at radius 3 is 1.56 bits per heavy atom. The van der Waals surface area contributed by atoms with Crippen LogP contribution in [-0.4, -0.2) is 26.2 Å². The van der Waals surface area contributed by atoms with Gasteiger partial charge in [-0.15, -0.1) is 0 Å². The van der Waals surface area contributed by atoms with Gasteiger partial charge in [-0.3, -0.25) is 0 Å². The van der Waals surface area contributed by atoms with Crippen molar-refractivity contribution in [1.82, 2.24) is 10.6 Å². The van der Waals surface area contributed by atoms with E-state index in [0.29, 0.717) is 0 Å². The summed E-state index contributed by atoms with van der Waals surface area (Å²) >= 11 is 0. The van der Waals surface area contributed by atoms with Crippen molar-refractivity contribution in [1.29, 1.82) is 0 Å². The molecule has 2 aliphatic rings. The molecule has 0 amide bonds. The molecular formula is C14H28N2. The molecule has 2 N–H and O–H groups in total. The SMILES string of the molecule is CC(CC1CCNCC1)CC1CCNCC1. The molecule has 2 fully saturated rings. The Morgan fingerprint density at radius 1 is 0.812 bits per heavy atom. The minimum Gasteiger partial charge on any atom is -0.317 e. The van der Waals surface area contributed by atoms with Gasteiger partial charge < -0.3 is 10.6 Å². The normalized spacial score (nSPS) is 25.1. The van der Waals surface area contributed by atoms with Gasteiger partial charge in [0.2, 0.25) is 0 Å². The van der Waals surface area contributed by atoms with Crippen LogP contribution >= 0.6 is 0 Å². The van der Waals surface area contributed by atoms with Crippen molar-refractivity contribution in [2.75, 3.05) is 26.2 Å². The predicted octanol–water partition coefficient (Wildman–Crippen LogP) is 2.40. The van der Waals surface area contributed by atoms with Crippen molar-refractivity contribution >= 4 is 0 Å². The van der Waals surface area contributed by atoms with Gasteiger partial charge in [0.15, 0.2) is 0 Å². The molecule has 2 aliphatic heterocycles. The van der Waals surface area contributed by atoms with E-state index in [1.165, 1.54) is 64.7 Å². The number of hydrogen-bond acceptors (Lipinski definition) is 2. The molecule has 0 aromatic rings. The van der Waals surface area contributed by atoms with Crippen molar-refractivity contribution in [2.45, 2.75) is 45.4 Å². The van der Waals surface area contributed by atoms with Gasteiger partial charge in [-0.25, -0.2) is 0 Å². The van der Waals surface area contributed by atoms with Crippen LogP contribution in [0.3, 0.4) is 0 Å². The van der Waals surface area contributed by atoms with E-state index in [1.54, 1.807) is 0 Å². The number of piperidine rings is 2. The van der Waals surface area contributed by atoms with Gasteiger partial charge >= 0.3 is 0 Å². The Labute approximate surface area is 101 Å². The van der Waals surface area contributed by atoms with Crippen LogP contribution in [0, 0.1) is 17.8 Å². The highest BCUT2D eigenvalue weighted by Gasteiger charge is 2.20. The first-order valence-electron chi connectivity index (χ1n) is 7.26. The Balaban J connectivity index is 1.64. The zero-order valence-electron chi connectivity index (χ0n) is 10.8. The summed E-state index contributed by atoms with van der Waals surface area (Å²) in [5, 5.41) is 6.92. The first-order chi connectivity index (χ1) is 7.84. The lowest BCUT2D eigenvalue weighted by Crippen LogP contribution is -2.30. The molecule has 0 aromatic carbocycles. The van der Waals surface area contributed by atoms with Gasteiger partial charge in [-0.2, -0.15) is 0 Å². The Bertz CT molecular complexity index is 161. The molecule has 2 heterocycles. The third-order valence-corrected chi connectivity index (χ3v) is 4.39. The quantitative estimate of drug-likeness (QED) is 0.766. The molecule has 94 valence electrons. The van der Waals surface area contributed by atoms with Gasteiger partial charge in [-0.05, 0) is 82.5 Å². The smallest absolute Gasteiger partial charge is 0.00463 e. The number of rotatable bonds is 4. The van der Waals surface area contributed by atoms with Gasteiger partial charge in [0.1, 0.15) is 0 Å². The first-order valence-corrected chi connectivity index (χ1v) is 7.26. The largest absolute Gasteiger partial charge is 0.317 e. The Kier molecular flexibility index (Phi) is 5.11. The number of nitrogens with one attached hydrogen (secondary N) is 2. The van der Waals surface area contributed by atoms with Crippen molar-refractivity contribution in [3.8, 4) is 0 Å². The zero-order valence-corrected chi connectivity index (χ0v) is 10.8. The lowest BCUT2D eigenvalue weighted by molar-refractivity contribution is 0.252. The fraction of sp³-hybridized carbons (Fsp3) is 1.00. The molecule has 0 saturated carbocycles.